The zero-order valence-electron chi connectivity index (χ0n) is 12.0. The first-order valence-corrected chi connectivity index (χ1v) is 7.37. The molecule has 1 saturated carbocycles. The monoisotopic (exact) mass is 286 g/mol. The van der Waals surface area contributed by atoms with Crippen LogP contribution >= 0.6 is 0 Å². The third-order valence-corrected chi connectivity index (χ3v) is 3.56. The van der Waals surface area contributed by atoms with Crippen LogP contribution in [0.15, 0.2) is 23.1 Å². The molecular weight excluding hydrogens is 268 g/mol. The van der Waals surface area contributed by atoms with Crippen LogP contribution in [-0.2, 0) is 6.54 Å². The maximum atomic E-state index is 12.5. The van der Waals surface area contributed by atoms with E-state index in [0.717, 1.165) is 25.7 Å². The van der Waals surface area contributed by atoms with Gasteiger partial charge in [0.25, 0.3) is 11.5 Å². The molecule has 1 amide bonds. The Bertz CT molecular complexity index is 734. The van der Waals surface area contributed by atoms with Crippen molar-refractivity contribution in [2.45, 2.75) is 45.2 Å². The number of hydrogen-bond acceptors (Lipinski definition) is 4. The maximum Gasteiger partial charge on any atom is 0.283 e. The largest absolute Gasteiger partial charge is 0.348 e. The van der Waals surface area contributed by atoms with E-state index in [1.54, 1.807) is 22.9 Å². The summed E-state index contributed by atoms with van der Waals surface area (Å²) in [5, 5.41) is 2.82. The van der Waals surface area contributed by atoms with Gasteiger partial charge >= 0.3 is 0 Å². The fraction of sp³-hybridized carbons (Fsp3) is 0.467. The zero-order chi connectivity index (χ0) is 14.8. The Morgan fingerprint density at radius 3 is 3.00 bits per heavy atom. The van der Waals surface area contributed by atoms with Crippen LogP contribution in [0.3, 0.4) is 0 Å². The number of aryl methyl sites for hydroxylation is 1. The van der Waals surface area contributed by atoms with E-state index < -0.39 is 0 Å². The van der Waals surface area contributed by atoms with Gasteiger partial charge in [-0.1, -0.05) is 13.3 Å². The van der Waals surface area contributed by atoms with Crippen LogP contribution in [0.2, 0.25) is 0 Å². The molecule has 0 atom stereocenters. The van der Waals surface area contributed by atoms with E-state index in [0.29, 0.717) is 17.7 Å². The second-order valence-electron chi connectivity index (χ2n) is 5.36. The number of hydrogen-bond donors (Lipinski definition) is 1. The lowest BCUT2D eigenvalue weighted by atomic mass is 10.3. The Hall–Kier alpha value is -2.24. The van der Waals surface area contributed by atoms with E-state index >= 15 is 0 Å². The van der Waals surface area contributed by atoms with Crippen LogP contribution in [0.4, 0.5) is 0 Å². The van der Waals surface area contributed by atoms with Crippen LogP contribution < -0.4 is 10.9 Å². The van der Waals surface area contributed by atoms with Crippen molar-refractivity contribution < 1.29 is 4.79 Å². The van der Waals surface area contributed by atoms with Gasteiger partial charge in [0.2, 0.25) is 0 Å². The topological polar surface area (TPSA) is 76.9 Å². The molecule has 6 nitrogen and oxygen atoms in total. The van der Waals surface area contributed by atoms with Gasteiger partial charge in [0, 0.05) is 18.8 Å². The molecule has 1 N–H and O–H groups in total. The normalized spacial score (nSPS) is 14.3. The second-order valence-corrected chi connectivity index (χ2v) is 5.36. The van der Waals surface area contributed by atoms with Crippen molar-refractivity contribution >= 4 is 17.1 Å². The molecule has 0 spiro atoms. The lowest BCUT2D eigenvalue weighted by molar-refractivity contribution is 0.0944. The molecule has 0 unspecified atom stereocenters. The number of amides is 1. The molecule has 3 rings (SSSR count). The highest BCUT2D eigenvalue weighted by Crippen LogP contribution is 2.19. The number of nitrogens with one attached hydrogen (secondary N) is 1. The number of carbonyl (C=O) groups excluding carboxylic acids is 1. The maximum absolute atomic E-state index is 12.5. The first-order valence-electron chi connectivity index (χ1n) is 7.37. The van der Waals surface area contributed by atoms with Gasteiger partial charge in [0.15, 0.2) is 11.3 Å². The summed E-state index contributed by atoms with van der Waals surface area (Å²) in [5.74, 6) is -0.376. The van der Waals surface area contributed by atoms with Crippen LogP contribution in [0.5, 0.6) is 0 Å². The lowest BCUT2D eigenvalue weighted by Crippen LogP contribution is -2.36. The summed E-state index contributed by atoms with van der Waals surface area (Å²) in [7, 11) is 0. The molecule has 0 radical (unpaired) electrons. The molecule has 1 aliphatic rings. The second kappa shape index (κ2) is 5.63. The van der Waals surface area contributed by atoms with Gasteiger partial charge in [-0.25, -0.2) is 9.97 Å². The molecule has 110 valence electrons. The predicted octanol–water partition coefficient (Wildman–Crippen LogP) is 1.48. The minimum absolute atomic E-state index is 0.0292. The molecular formula is C15H18N4O2. The predicted molar refractivity (Wildman–Crippen MR) is 79.2 cm³/mol. The van der Waals surface area contributed by atoms with Crippen molar-refractivity contribution in [1.29, 1.82) is 0 Å². The number of fused-ring (bicyclic) bond motifs is 1. The number of pyridine rings is 1. The average Bonchev–Trinajstić information content (AvgIpc) is 3.29. The van der Waals surface area contributed by atoms with Crippen molar-refractivity contribution in [1.82, 2.24) is 19.9 Å². The molecule has 2 aromatic heterocycles. The van der Waals surface area contributed by atoms with Crippen LogP contribution in [0.1, 0.15) is 43.1 Å². The number of rotatable bonds is 5. The summed E-state index contributed by atoms with van der Waals surface area (Å²) in [6, 6.07) is 3.73. The summed E-state index contributed by atoms with van der Waals surface area (Å²) < 4.78 is 1.56. The quantitative estimate of drug-likeness (QED) is 0.903. The first-order chi connectivity index (χ1) is 10.2. The minimum Gasteiger partial charge on any atom is -0.348 e. The van der Waals surface area contributed by atoms with E-state index in [2.05, 4.69) is 22.2 Å². The minimum atomic E-state index is -0.376. The number of carbonyl (C=O) groups is 1. The molecule has 2 heterocycles. The van der Waals surface area contributed by atoms with Gasteiger partial charge in [-0.15, -0.1) is 0 Å². The molecule has 21 heavy (non-hydrogen) atoms. The smallest absolute Gasteiger partial charge is 0.283 e. The highest BCUT2D eigenvalue weighted by atomic mass is 16.2. The van der Waals surface area contributed by atoms with Crippen molar-refractivity contribution in [3.63, 3.8) is 0 Å². The number of unbranched alkanes of at least 4 members (excludes halogenated alkanes) is 1. The molecule has 0 aliphatic heterocycles. The Morgan fingerprint density at radius 1 is 1.48 bits per heavy atom. The highest BCUT2D eigenvalue weighted by Gasteiger charge is 2.26. The van der Waals surface area contributed by atoms with E-state index in [-0.39, 0.29) is 23.2 Å². The van der Waals surface area contributed by atoms with Crippen molar-refractivity contribution in [2.75, 3.05) is 0 Å². The molecule has 0 aromatic carbocycles. The Kier molecular flexibility index (Phi) is 3.68. The standard InChI is InChI=1S/C15H18N4O2/c1-2-3-9-19-13-11(5-4-8-16-13)18-12(15(19)21)14(20)17-10-6-7-10/h4-5,8,10H,2-3,6-7,9H2,1H3,(H,17,20). The Balaban J connectivity index is 2.09. The highest BCUT2D eigenvalue weighted by molar-refractivity contribution is 5.93. The summed E-state index contributed by atoms with van der Waals surface area (Å²) in [6.07, 6.45) is 5.41. The fourth-order valence-electron chi connectivity index (χ4n) is 2.23. The molecule has 6 heteroatoms. The van der Waals surface area contributed by atoms with E-state index in [9.17, 15) is 9.59 Å². The molecule has 1 aliphatic carbocycles. The van der Waals surface area contributed by atoms with E-state index in [4.69, 9.17) is 0 Å². The van der Waals surface area contributed by atoms with Gasteiger partial charge < -0.3 is 5.32 Å². The Labute approximate surface area is 122 Å². The zero-order valence-corrected chi connectivity index (χ0v) is 12.0. The average molecular weight is 286 g/mol. The third-order valence-electron chi connectivity index (χ3n) is 3.56. The van der Waals surface area contributed by atoms with Gasteiger partial charge in [-0.3, -0.25) is 14.2 Å². The Morgan fingerprint density at radius 2 is 2.29 bits per heavy atom. The van der Waals surface area contributed by atoms with E-state index in [1.807, 2.05) is 0 Å². The van der Waals surface area contributed by atoms with Crippen LogP contribution in [0, 0.1) is 0 Å². The van der Waals surface area contributed by atoms with Crippen molar-refractivity contribution in [2.24, 2.45) is 0 Å². The lowest BCUT2D eigenvalue weighted by Gasteiger charge is -2.10. The summed E-state index contributed by atoms with van der Waals surface area (Å²) >= 11 is 0. The molecule has 1 fully saturated rings. The molecule has 0 bridgehead atoms. The van der Waals surface area contributed by atoms with Crippen molar-refractivity contribution in [3.8, 4) is 0 Å². The van der Waals surface area contributed by atoms with Gasteiger partial charge in [-0.05, 0) is 31.4 Å². The summed E-state index contributed by atoms with van der Waals surface area (Å²) in [4.78, 5) is 33.2. The summed E-state index contributed by atoms with van der Waals surface area (Å²) in [6.45, 7) is 2.61. The number of aromatic nitrogens is 3. The SMILES string of the molecule is CCCCn1c(=O)c(C(=O)NC2CC2)nc2cccnc21. The van der Waals surface area contributed by atoms with Crippen LogP contribution in [-0.4, -0.2) is 26.5 Å². The molecule has 0 saturated heterocycles. The number of nitrogens with zero attached hydrogens (tertiary/aromatic N) is 3. The van der Waals surface area contributed by atoms with Gasteiger partial charge in [-0.2, -0.15) is 0 Å². The first kappa shape index (κ1) is 13.7. The summed E-state index contributed by atoms with van der Waals surface area (Å²) in [5.41, 5.74) is 0.736. The molecule has 2 aromatic rings. The van der Waals surface area contributed by atoms with Crippen molar-refractivity contribution in [3.05, 3.63) is 34.4 Å². The third kappa shape index (κ3) is 2.79. The van der Waals surface area contributed by atoms with Gasteiger partial charge in [0.05, 0.1) is 0 Å². The van der Waals surface area contributed by atoms with E-state index in [1.165, 1.54) is 0 Å². The van der Waals surface area contributed by atoms with Gasteiger partial charge in [0.1, 0.15) is 5.52 Å². The van der Waals surface area contributed by atoms with Crippen LogP contribution in [0.25, 0.3) is 11.2 Å². The fourth-order valence-corrected chi connectivity index (χ4v) is 2.23.